The molecule has 0 bridgehead atoms. The van der Waals surface area contributed by atoms with E-state index in [0.717, 1.165) is 25.0 Å². The molecule has 1 aliphatic heterocycles. The molecule has 0 aromatic heterocycles. The number of hydrogen-bond acceptors (Lipinski definition) is 4. The Morgan fingerprint density at radius 1 is 1.19 bits per heavy atom. The fourth-order valence-corrected chi connectivity index (χ4v) is 4.66. The number of carbonyl (C=O) groups excluding carboxylic acids is 1. The smallest absolute Gasteiger partial charge is 0.324 e. The van der Waals surface area contributed by atoms with E-state index >= 15 is 0 Å². The Kier molecular flexibility index (Phi) is 9.00. The van der Waals surface area contributed by atoms with Crippen LogP contribution in [-0.4, -0.2) is 29.7 Å². The lowest BCUT2D eigenvalue weighted by molar-refractivity contribution is -0.145. The van der Waals surface area contributed by atoms with Crippen LogP contribution in [0, 0.1) is 5.92 Å². The van der Waals surface area contributed by atoms with Gasteiger partial charge in [-0.2, -0.15) is 0 Å². The predicted molar refractivity (Wildman–Crippen MR) is 112 cm³/mol. The van der Waals surface area contributed by atoms with Gasteiger partial charge in [0.05, 0.1) is 12.0 Å². The summed E-state index contributed by atoms with van der Waals surface area (Å²) in [6, 6.07) is 8.80. The van der Waals surface area contributed by atoms with Gasteiger partial charge in [-0.1, -0.05) is 71.2 Å². The Labute approximate surface area is 163 Å². The molecule has 1 aromatic carbocycles. The van der Waals surface area contributed by atoms with Gasteiger partial charge in [0.25, 0.3) is 0 Å². The average molecular weight is 378 g/mol. The van der Waals surface area contributed by atoms with E-state index in [0.29, 0.717) is 18.4 Å². The molecule has 2 rings (SSSR count). The zero-order valence-electron chi connectivity index (χ0n) is 16.8. The topological polar surface area (TPSA) is 38.3 Å². The molecule has 4 heteroatoms. The van der Waals surface area contributed by atoms with Crippen LogP contribution in [0.4, 0.5) is 0 Å². The zero-order chi connectivity index (χ0) is 18.9. The summed E-state index contributed by atoms with van der Waals surface area (Å²) in [4.78, 5) is 12.2. The van der Waals surface area contributed by atoms with Gasteiger partial charge < -0.3 is 4.74 Å². The van der Waals surface area contributed by atoms with E-state index in [4.69, 9.17) is 4.74 Å². The minimum absolute atomic E-state index is 0.0871. The summed E-state index contributed by atoms with van der Waals surface area (Å²) < 4.78 is 5.44. The zero-order valence-corrected chi connectivity index (χ0v) is 17.6. The Balaban J connectivity index is 1.79. The van der Waals surface area contributed by atoms with Crippen molar-refractivity contribution in [2.75, 3.05) is 12.4 Å². The molecule has 0 saturated carbocycles. The van der Waals surface area contributed by atoms with Crippen LogP contribution >= 0.6 is 11.8 Å². The molecule has 1 N–H and O–H groups in total. The molecule has 3 nitrogen and oxygen atoms in total. The number of rotatable bonds is 10. The molecule has 26 heavy (non-hydrogen) atoms. The van der Waals surface area contributed by atoms with E-state index in [9.17, 15) is 4.79 Å². The minimum atomic E-state index is -0.168. The largest absolute Gasteiger partial charge is 0.465 e. The third kappa shape index (κ3) is 6.62. The van der Waals surface area contributed by atoms with Gasteiger partial charge in [0, 0.05) is 11.7 Å². The highest BCUT2D eigenvalue weighted by Crippen LogP contribution is 2.32. The highest BCUT2D eigenvalue weighted by Gasteiger charge is 2.34. The van der Waals surface area contributed by atoms with Crippen molar-refractivity contribution < 1.29 is 9.53 Å². The first-order valence-electron chi connectivity index (χ1n) is 10.1. The van der Waals surface area contributed by atoms with Crippen LogP contribution in [0.15, 0.2) is 24.3 Å². The maximum atomic E-state index is 12.2. The van der Waals surface area contributed by atoms with E-state index in [-0.39, 0.29) is 17.4 Å². The summed E-state index contributed by atoms with van der Waals surface area (Å²) in [7, 11) is 0. The molecule has 0 amide bonds. The molecule has 1 aromatic rings. The van der Waals surface area contributed by atoms with Crippen LogP contribution in [0.5, 0.6) is 0 Å². The Morgan fingerprint density at radius 2 is 1.92 bits per heavy atom. The molecular formula is C22H35NO2S. The van der Waals surface area contributed by atoms with E-state index in [1.54, 1.807) is 0 Å². The maximum absolute atomic E-state index is 12.2. The SMILES string of the molecule is CCCCCCOC(=O)[C@@H]1CSC(C(C)c2ccc(CC(C)C)cc2)N1. The van der Waals surface area contributed by atoms with Gasteiger partial charge in [-0.15, -0.1) is 11.8 Å². The first kappa shape index (κ1) is 21.3. The van der Waals surface area contributed by atoms with Gasteiger partial charge >= 0.3 is 5.97 Å². The highest BCUT2D eigenvalue weighted by atomic mass is 32.2. The summed E-state index contributed by atoms with van der Waals surface area (Å²) in [5.41, 5.74) is 2.73. The predicted octanol–water partition coefficient (Wildman–Crippen LogP) is 5.14. The number of unbranched alkanes of at least 4 members (excludes halogenated alkanes) is 3. The summed E-state index contributed by atoms with van der Waals surface area (Å²) >= 11 is 1.83. The van der Waals surface area contributed by atoms with Crippen LogP contribution in [0.25, 0.3) is 0 Å². The number of thioether (sulfide) groups is 1. The van der Waals surface area contributed by atoms with E-state index in [1.165, 1.54) is 24.0 Å². The van der Waals surface area contributed by atoms with Crippen molar-refractivity contribution in [3.8, 4) is 0 Å². The van der Waals surface area contributed by atoms with E-state index in [2.05, 4.69) is 57.3 Å². The Bertz CT molecular complexity index is 544. The van der Waals surface area contributed by atoms with Crippen molar-refractivity contribution in [3.63, 3.8) is 0 Å². The molecule has 146 valence electrons. The van der Waals surface area contributed by atoms with Crippen molar-refractivity contribution in [1.29, 1.82) is 0 Å². The number of benzene rings is 1. The Hall–Kier alpha value is -1.00. The van der Waals surface area contributed by atoms with Crippen LogP contribution in [0.2, 0.25) is 0 Å². The second-order valence-corrected chi connectivity index (χ2v) is 9.00. The van der Waals surface area contributed by atoms with Crippen molar-refractivity contribution in [2.24, 2.45) is 5.92 Å². The number of hydrogen-bond donors (Lipinski definition) is 1. The number of carbonyl (C=O) groups is 1. The van der Waals surface area contributed by atoms with Crippen molar-refractivity contribution in [1.82, 2.24) is 5.32 Å². The van der Waals surface area contributed by atoms with Gasteiger partial charge in [-0.05, 0) is 29.9 Å². The molecule has 0 radical (unpaired) electrons. The highest BCUT2D eigenvalue weighted by molar-refractivity contribution is 8.00. The second-order valence-electron chi connectivity index (χ2n) is 7.83. The lowest BCUT2D eigenvalue weighted by atomic mass is 9.96. The lowest BCUT2D eigenvalue weighted by Gasteiger charge is -2.20. The van der Waals surface area contributed by atoms with E-state index < -0.39 is 0 Å². The standard InChI is InChI=1S/C22H35NO2S/c1-5-6-7-8-13-25-22(24)20-15-26-21(23-20)17(4)19-11-9-18(10-12-19)14-16(2)3/h9-12,16-17,20-21,23H,5-8,13-15H2,1-4H3/t17?,20-,21?/m0/s1. The summed E-state index contributed by atoms with van der Waals surface area (Å²) in [5.74, 6) is 1.76. The van der Waals surface area contributed by atoms with Gasteiger partial charge in [0.15, 0.2) is 0 Å². The third-order valence-corrected chi connectivity index (χ3v) is 6.37. The molecule has 1 fully saturated rings. The van der Waals surface area contributed by atoms with Gasteiger partial charge in [-0.25, -0.2) is 0 Å². The molecular weight excluding hydrogens is 342 g/mol. The maximum Gasteiger partial charge on any atom is 0.324 e. The van der Waals surface area contributed by atoms with Crippen LogP contribution in [0.1, 0.15) is 70.4 Å². The van der Waals surface area contributed by atoms with Crippen molar-refractivity contribution in [2.45, 2.75) is 77.1 Å². The van der Waals surface area contributed by atoms with Crippen molar-refractivity contribution >= 4 is 17.7 Å². The molecule has 0 aliphatic carbocycles. The molecule has 1 aliphatic rings. The fraction of sp³-hybridized carbons (Fsp3) is 0.682. The van der Waals surface area contributed by atoms with Gasteiger partial charge in [0.2, 0.25) is 0 Å². The molecule has 1 saturated heterocycles. The first-order valence-corrected chi connectivity index (χ1v) is 11.2. The summed E-state index contributed by atoms with van der Waals surface area (Å²) in [6.07, 6.45) is 5.65. The molecule has 3 atom stereocenters. The monoisotopic (exact) mass is 377 g/mol. The number of nitrogens with one attached hydrogen (secondary N) is 1. The lowest BCUT2D eigenvalue weighted by Crippen LogP contribution is -2.39. The summed E-state index contributed by atoms with van der Waals surface area (Å²) in [6.45, 7) is 9.47. The van der Waals surface area contributed by atoms with E-state index in [1.807, 2.05) is 11.8 Å². The molecule has 1 heterocycles. The van der Waals surface area contributed by atoms with Crippen LogP contribution in [0.3, 0.4) is 0 Å². The van der Waals surface area contributed by atoms with Gasteiger partial charge in [0.1, 0.15) is 6.04 Å². The number of esters is 1. The number of ether oxygens (including phenoxy) is 1. The van der Waals surface area contributed by atoms with Gasteiger partial charge in [-0.3, -0.25) is 10.1 Å². The first-order chi connectivity index (χ1) is 12.5. The third-order valence-electron chi connectivity index (χ3n) is 4.94. The second kappa shape index (κ2) is 11.0. The summed E-state index contributed by atoms with van der Waals surface area (Å²) in [5, 5.41) is 3.74. The van der Waals surface area contributed by atoms with Crippen LogP contribution < -0.4 is 5.32 Å². The quantitative estimate of drug-likeness (QED) is 0.452. The Morgan fingerprint density at radius 3 is 2.58 bits per heavy atom. The fourth-order valence-electron chi connectivity index (χ4n) is 3.32. The normalized spacial score (nSPS) is 21.1. The van der Waals surface area contributed by atoms with Crippen LogP contribution in [-0.2, 0) is 16.0 Å². The molecule has 0 spiro atoms. The minimum Gasteiger partial charge on any atom is -0.465 e. The molecule has 2 unspecified atom stereocenters. The van der Waals surface area contributed by atoms with Crippen molar-refractivity contribution in [3.05, 3.63) is 35.4 Å². The average Bonchev–Trinajstić information content (AvgIpc) is 3.11.